The monoisotopic (exact) mass is 313 g/mol. The summed E-state index contributed by atoms with van der Waals surface area (Å²) in [5.74, 6) is 0.792. The van der Waals surface area contributed by atoms with E-state index in [4.69, 9.17) is 9.47 Å². The van der Waals surface area contributed by atoms with E-state index in [9.17, 15) is 5.11 Å². The molecule has 1 saturated heterocycles. The summed E-state index contributed by atoms with van der Waals surface area (Å²) >= 11 is 0. The molecule has 23 heavy (non-hydrogen) atoms. The van der Waals surface area contributed by atoms with E-state index in [2.05, 4.69) is 5.32 Å². The van der Waals surface area contributed by atoms with Gasteiger partial charge < -0.3 is 19.9 Å². The maximum absolute atomic E-state index is 11.5. The van der Waals surface area contributed by atoms with Crippen molar-refractivity contribution >= 4 is 0 Å². The molecule has 4 nitrogen and oxygen atoms in total. The molecule has 2 aromatic rings. The Morgan fingerprint density at radius 1 is 1.22 bits per heavy atom. The van der Waals surface area contributed by atoms with Gasteiger partial charge in [0.15, 0.2) is 0 Å². The minimum atomic E-state index is -1.08. The van der Waals surface area contributed by atoms with Gasteiger partial charge in [-0.3, -0.25) is 0 Å². The minimum Gasteiger partial charge on any atom is -0.497 e. The standard InChI is InChI=1S/C19H23NO3/c1-22-17-9-5-6-15(12-17)13-19(21,16-7-3-2-4-8-16)18-14-20-10-11-23-18/h2-9,12,18,20-21H,10-11,13-14H2,1H3/t18-,19+/m0/s1. The number of aliphatic hydroxyl groups is 1. The highest BCUT2D eigenvalue weighted by molar-refractivity contribution is 5.33. The number of hydrogen-bond donors (Lipinski definition) is 2. The highest BCUT2D eigenvalue weighted by Crippen LogP contribution is 2.32. The zero-order chi connectivity index (χ0) is 16.1. The smallest absolute Gasteiger partial charge is 0.121 e. The van der Waals surface area contributed by atoms with Gasteiger partial charge in [-0.2, -0.15) is 0 Å². The van der Waals surface area contributed by atoms with Crippen LogP contribution in [0.2, 0.25) is 0 Å². The molecular formula is C19H23NO3. The molecule has 3 rings (SSSR count). The first kappa shape index (κ1) is 16.0. The van der Waals surface area contributed by atoms with Crippen LogP contribution in [0.3, 0.4) is 0 Å². The third-order valence-corrected chi connectivity index (χ3v) is 4.34. The molecule has 2 atom stereocenters. The average molecular weight is 313 g/mol. The second kappa shape index (κ2) is 7.13. The van der Waals surface area contributed by atoms with Crippen molar-refractivity contribution in [3.8, 4) is 5.75 Å². The Bertz CT molecular complexity index is 626. The fourth-order valence-electron chi connectivity index (χ4n) is 3.09. The predicted octanol–water partition coefficient (Wildman–Crippen LogP) is 2.11. The van der Waals surface area contributed by atoms with Crippen LogP contribution in [-0.4, -0.2) is 38.0 Å². The molecule has 0 aliphatic carbocycles. The Balaban J connectivity index is 1.94. The third-order valence-electron chi connectivity index (χ3n) is 4.34. The summed E-state index contributed by atoms with van der Waals surface area (Å²) in [5.41, 5.74) is 0.808. The van der Waals surface area contributed by atoms with Gasteiger partial charge in [0.1, 0.15) is 17.5 Å². The number of ether oxygens (including phenoxy) is 2. The van der Waals surface area contributed by atoms with E-state index in [1.165, 1.54) is 0 Å². The van der Waals surface area contributed by atoms with Crippen molar-refractivity contribution in [3.63, 3.8) is 0 Å². The van der Waals surface area contributed by atoms with Crippen molar-refractivity contribution in [2.24, 2.45) is 0 Å². The average Bonchev–Trinajstić information content (AvgIpc) is 2.63. The molecule has 0 amide bonds. The fraction of sp³-hybridized carbons (Fsp3) is 0.368. The summed E-state index contributed by atoms with van der Waals surface area (Å²) in [5, 5.41) is 14.8. The lowest BCUT2D eigenvalue weighted by Gasteiger charge is -2.39. The number of rotatable bonds is 5. The van der Waals surface area contributed by atoms with Crippen LogP contribution in [-0.2, 0) is 16.8 Å². The van der Waals surface area contributed by atoms with Crippen LogP contribution in [0.15, 0.2) is 54.6 Å². The highest BCUT2D eigenvalue weighted by Gasteiger charge is 2.40. The molecule has 1 fully saturated rings. The van der Waals surface area contributed by atoms with Gasteiger partial charge in [0.05, 0.1) is 13.7 Å². The lowest BCUT2D eigenvalue weighted by atomic mass is 9.82. The van der Waals surface area contributed by atoms with Gasteiger partial charge in [-0.05, 0) is 23.3 Å². The first-order valence-electron chi connectivity index (χ1n) is 7.95. The van der Waals surface area contributed by atoms with Gasteiger partial charge in [0, 0.05) is 19.5 Å². The predicted molar refractivity (Wildman–Crippen MR) is 89.6 cm³/mol. The molecule has 1 aliphatic heterocycles. The van der Waals surface area contributed by atoms with E-state index in [-0.39, 0.29) is 6.10 Å². The van der Waals surface area contributed by atoms with Crippen LogP contribution in [0.5, 0.6) is 5.75 Å². The van der Waals surface area contributed by atoms with Crippen LogP contribution < -0.4 is 10.1 Å². The van der Waals surface area contributed by atoms with Crippen LogP contribution >= 0.6 is 0 Å². The summed E-state index contributed by atoms with van der Waals surface area (Å²) in [6, 6.07) is 17.6. The first-order chi connectivity index (χ1) is 11.2. The van der Waals surface area contributed by atoms with Crippen LogP contribution in [0, 0.1) is 0 Å². The number of morpholine rings is 1. The van der Waals surface area contributed by atoms with E-state index in [1.54, 1.807) is 7.11 Å². The molecule has 0 spiro atoms. The van der Waals surface area contributed by atoms with E-state index in [0.717, 1.165) is 23.4 Å². The molecule has 0 unspecified atom stereocenters. The van der Waals surface area contributed by atoms with E-state index < -0.39 is 5.60 Å². The van der Waals surface area contributed by atoms with Crippen LogP contribution in [0.4, 0.5) is 0 Å². The second-order valence-electron chi connectivity index (χ2n) is 5.88. The zero-order valence-electron chi connectivity index (χ0n) is 13.4. The van der Waals surface area contributed by atoms with E-state index in [0.29, 0.717) is 19.6 Å². The van der Waals surface area contributed by atoms with Gasteiger partial charge in [-0.15, -0.1) is 0 Å². The quantitative estimate of drug-likeness (QED) is 0.888. The van der Waals surface area contributed by atoms with Gasteiger partial charge in [0.2, 0.25) is 0 Å². The lowest BCUT2D eigenvalue weighted by molar-refractivity contribution is -0.124. The normalized spacial score (nSPS) is 20.7. The Hall–Kier alpha value is -1.88. The number of hydrogen-bond acceptors (Lipinski definition) is 4. The Morgan fingerprint density at radius 2 is 2.04 bits per heavy atom. The molecule has 2 N–H and O–H groups in total. The van der Waals surface area contributed by atoms with Gasteiger partial charge in [0.25, 0.3) is 0 Å². The molecule has 1 aliphatic rings. The molecule has 1 heterocycles. The number of methoxy groups -OCH3 is 1. The van der Waals surface area contributed by atoms with E-state index >= 15 is 0 Å². The Kier molecular flexibility index (Phi) is 4.96. The van der Waals surface area contributed by atoms with Crippen LogP contribution in [0.1, 0.15) is 11.1 Å². The maximum atomic E-state index is 11.5. The lowest BCUT2D eigenvalue weighted by Crippen LogP contribution is -2.52. The molecular weight excluding hydrogens is 290 g/mol. The Morgan fingerprint density at radius 3 is 2.74 bits per heavy atom. The summed E-state index contributed by atoms with van der Waals surface area (Å²) < 4.78 is 11.2. The molecule has 2 aromatic carbocycles. The number of benzene rings is 2. The van der Waals surface area contributed by atoms with Gasteiger partial charge >= 0.3 is 0 Å². The summed E-state index contributed by atoms with van der Waals surface area (Å²) in [6.45, 7) is 2.06. The van der Waals surface area contributed by atoms with Gasteiger partial charge in [-0.25, -0.2) is 0 Å². The fourth-order valence-corrected chi connectivity index (χ4v) is 3.09. The molecule has 0 saturated carbocycles. The van der Waals surface area contributed by atoms with Crippen molar-refractivity contribution in [2.45, 2.75) is 18.1 Å². The van der Waals surface area contributed by atoms with Crippen molar-refractivity contribution in [3.05, 3.63) is 65.7 Å². The highest BCUT2D eigenvalue weighted by atomic mass is 16.5. The molecule has 0 radical (unpaired) electrons. The second-order valence-corrected chi connectivity index (χ2v) is 5.88. The molecule has 0 bridgehead atoms. The maximum Gasteiger partial charge on any atom is 0.121 e. The third kappa shape index (κ3) is 3.55. The van der Waals surface area contributed by atoms with Crippen molar-refractivity contribution in [1.29, 1.82) is 0 Å². The molecule has 4 heteroatoms. The molecule has 122 valence electrons. The topological polar surface area (TPSA) is 50.7 Å². The van der Waals surface area contributed by atoms with Gasteiger partial charge in [-0.1, -0.05) is 42.5 Å². The minimum absolute atomic E-state index is 0.287. The summed E-state index contributed by atoms with van der Waals surface area (Å²) in [7, 11) is 1.65. The Labute approximate surface area is 137 Å². The SMILES string of the molecule is COc1cccc(C[C@@](O)(c2ccccc2)[C@@H]2CNCCO2)c1. The number of nitrogens with one attached hydrogen (secondary N) is 1. The van der Waals surface area contributed by atoms with E-state index in [1.807, 2.05) is 54.6 Å². The first-order valence-corrected chi connectivity index (χ1v) is 7.95. The van der Waals surface area contributed by atoms with Crippen molar-refractivity contribution < 1.29 is 14.6 Å². The zero-order valence-corrected chi connectivity index (χ0v) is 13.4. The van der Waals surface area contributed by atoms with Crippen LogP contribution in [0.25, 0.3) is 0 Å². The van der Waals surface area contributed by atoms with Crippen molar-refractivity contribution in [2.75, 3.05) is 26.8 Å². The molecule has 0 aromatic heterocycles. The van der Waals surface area contributed by atoms with Crippen molar-refractivity contribution in [1.82, 2.24) is 5.32 Å². The largest absolute Gasteiger partial charge is 0.497 e. The summed E-state index contributed by atoms with van der Waals surface area (Å²) in [6.07, 6.45) is 0.186. The summed E-state index contributed by atoms with van der Waals surface area (Å²) in [4.78, 5) is 0.